The SMILES string of the molecule is Cc1cc(C)c(NC(=O)c2ccc(NCCN(C)C)cn2)c(C)c1. The first-order chi connectivity index (χ1) is 11.4. The second-order valence-electron chi connectivity index (χ2n) is 6.39. The number of pyridine rings is 1. The quantitative estimate of drug-likeness (QED) is 0.856. The van der Waals surface area contributed by atoms with Crippen molar-refractivity contribution in [2.75, 3.05) is 37.8 Å². The molecule has 0 aliphatic heterocycles. The standard InChI is InChI=1S/C19H26N4O/c1-13-10-14(2)18(15(3)11-13)22-19(24)17-7-6-16(12-21-17)20-8-9-23(4)5/h6-7,10-12,20H,8-9H2,1-5H3,(H,22,24). The Morgan fingerprint density at radius 3 is 2.33 bits per heavy atom. The van der Waals surface area contributed by atoms with Crippen molar-refractivity contribution in [1.82, 2.24) is 9.88 Å². The zero-order valence-corrected chi connectivity index (χ0v) is 15.1. The molecular weight excluding hydrogens is 300 g/mol. The minimum Gasteiger partial charge on any atom is -0.383 e. The third-order valence-corrected chi connectivity index (χ3v) is 3.80. The van der Waals surface area contributed by atoms with Crippen LogP contribution in [0, 0.1) is 20.8 Å². The molecule has 0 spiro atoms. The van der Waals surface area contributed by atoms with Gasteiger partial charge in [-0.25, -0.2) is 4.98 Å². The molecule has 0 bridgehead atoms. The molecule has 1 amide bonds. The second-order valence-corrected chi connectivity index (χ2v) is 6.39. The normalized spacial score (nSPS) is 10.8. The van der Waals surface area contributed by atoms with Crippen molar-refractivity contribution < 1.29 is 4.79 Å². The fourth-order valence-corrected chi connectivity index (χ4v) is 2.61. The molecule has 0 saturated heterocycles. The van der Waals surface area contributed by atoms with E-state index in [0.29, 0.717) is 5.69 Å². The van der Waals surface area contributed by atoms with Crippen LogP contribution in [0.4, 0.5) is 11.4 Å². The summed E-state index contributed by atoms with van der Waals surface area (Å²) in [5.41, 5.74) is 5.49. The number of aromatic nitrogens is 1. The third-order valence-electron chi connectivity index (χ3n) is 3.80. The fraction of sp³-hybridized carbons (Fsp3) is 0.368. The average Bonchev–Trinajstić information content (AvgIpc) is 2.51. The van der Waals surface area contributed by atoms with E-state index >= 15 is 0 Å². The first-order valence-corrected chi connectivity index (χ1v) is 8.10. The van der Waals surface area contributed by atoms with Gasteiger partial charge in [0.15, 0.2) is 0 Å². The molecule has 24 heavy (non-hydrogen) atoms. The summed E-state index contributed by atoms with van der Waals surface area (Å²) >= 11 is 0. The summed E-state index contributed by atoms with van der Waals surface area (Å²) in [4.78, 5) is 18.8. The van der Waals surface area contributed by atoms with E-state index in [0.717, 1.165) is 35.6 Å². The van der Waals surface area contributed by atoms with Crippen molar-refractivity contribution in [3.8, 4) is 0 Å². The summed E-state index contributed by atoms with van der Waals surface area (Å²) in [5, 5.41) is 6.25. The van der Waals surface area contributed by atoms with Crippen LogP contribution in [0.15, 0.2) is 30.5 Å². The highest BCUT2D eigenvalue weighted by Crippen LogP contribution is 2.22. The lowest BCUT2D eigenvalue weighted by Crippen LogP contribution is -2.21. The molecule has 5 nitrogen and oxygen atoms in total. The van der Waals surface area contributed by atoms with Crippen LogP contribution in [-0.4, -0.2) is 43.0 Å². The Kier molecular flexibility index (Phi) is 5.93. The van der Waals surface area contributed by atoms with Crippen molar-refractivity contribution in [1.29, 1.82) is 0 Å². The van der Waals surface area contributed by atoms with Gasteiger partial charge >= 0.3 is 0 Å². The van der Waals surface area contributed by atoms with Crippen LogP contribution >= 0.6 is 0 Å². The lowest BCUT2D eigenvalue weighted by molar-refractivity contribution is 0.102. The van der Waals surface area contributed by atoms with Gasteiger partial charge in [0, 0.05) is 18.8 Å². The molecule has 2 aromatic rings. The lowest BCUT2D eigenvalue weighted by atomic mass is 10.0. The van der Waals surface area contributed by atoms with E-state index in [1.54, 1.807) is 12.3 Å². The van der Waals surface area contributed by atoms with Crippen LogP contribution in [0.25, 0.3) is 0 Å². The first kappa shape index (κ1) is 17.9. The molecule has 2 rings (SSSR count). The Labute approximate surface area is 144 Å². The minimum atomic E-state index is -0.190. The number of hydrogen-bond acceptors (Lipinski definition) is 4. The molecule has 0 atom stereocenters. The maximum absolute atomic E-state index is 12.4. The van der Waals surface area contributed by atoms with Crippen LogP contribution < -0.4 is 10.6 Å². The predicted octanol–water partition coefficient (Wildman–Crippen LogP) is 3.23. The minimum absolute atomic E-state index is 0.190. The van der Waals surface area contributed by atoms with Gasteiger partial charge in [0.25, 0.3) is 5.91 Å². The molecule has 0 fully saturated rings. The Morgan fingerprint density at radius 1 is 1.12 bits per heavy atom. The van der Waals surface area contributed by atoms with Gasteiger partial charge in [0.05, 0.1) is 11.9 Å². The average molecular weight is 326 g/mol. The monoisotopic (exact) mass is 326 g/mol. The number of benzene rings is 1. The Bertz CT molecular complexity index is 685. The maximum atomic E-state index is 12.4. The van der Waals surface area contributed by atoms with E-state index in [1.807, 2.05) is 34.0 Å². The number of carbonyl (C=O) groups excluding carboxylic acids is 1. The number of anilines is 2. The van der Waals surface area contributed by atoms with Gasteiger partial charge < -0.3 is 15.5 Å². The molecule has 1 aromatic carbocycles. The number of nitrogens with zero attached hydrogens (tertiary/aromatic N) is 2. The molecule has 1 aromatic heterocycles. The molecule has 0 unspecified atom stereocenters. The van der Waals surface area contributed by atoms with E-state index in [-0.39, 0.29) is 5.91 Å². The van der Waals surface area contributed by atoms with Gasteiger partial charge in [-0.05, 0) is 58.1 Å². The summed E-state index contributed by atoms with van der Waals surface area (Å²) in [6, 6.07) is 7.75. The van der Waals surface area contributed by atoms with Crippen molar-refractivity contribution >= 4 is 17.3 Å². The van der Waals surface area contributed by atoms with Crippen molar-refractivity contribution in [2.24, 2.45) is 0 Å². The number of rotatable bonds is 6. The molecule has 0 saturated carbocycles. The summed E-state index contributed by atoms with van der Waals surface area (Å²) < 4.78 is 0. The first-order valence-electron chi connectivity index (χ1n) is 8.10. The molecule has 1 heterocycles. The van der Waals surface area contributed by atoms with E-state index in [9.17, 15) is 4.79 Å². The number of hydrogen-bond donors (Lipinski definition) is 2. The van der Waals surface area contributed by atoms with Crippen LogP contribution in [0.2, 0.25) is 0 Å². The number of carbonyl (C=O) groups is 1. The third kappa shape index (κ3) is 4.80. The molecule has 0 radical (unpaired) electrons. The zero-order valence-electron chi connectivity index (χ0n) is 15.1. The van der Waals surface area contributed by atoms with E-state index in [2.05, 4.69) is 39.6 Å². The molecular formula is C19H26N4O. The van der Waals surface area contributed by atoms with Crippen molar-refractivity contribution in [3.05, 3.63) is 52.8 Å². The molecule has 0 aliphatic rings. The Hall–Kier alpha value is -2.40. The number of amides is 1. The lowest BCUT2D eigenvalue weighted by Gasteiger charge is -2.13. The summed E-state index contributed by atoms with van der Waals surface area (Å²) in [6.45, 7) is 7.83. The Balaban J connectivity index is 2.03. The van der Waals surface area contributed by atoms with Crippen molar-refractivity contribution in [3.63, 3.8) is 0 Å². The predicted molar refractivity (Wildman–Crippen MR) is 99.9 cm³/mol. The summed E-state index contributed by atoms with van der Waals surface area (Å²) in [5.74, 6) is -0.190. The van der Waals surface area contributed by atoms with Gasteiger partial charge in [-0.15, -0.1) is 0 Å². The van der Waals surface area contributed by atoms with E-state index in [4.69, 9.17) is 0 Å². The smallest absolute Gasteiger partial charge is 0.274 e. The van der Waals surface area contributed by atoms with Gasteiger partial charge in [0.2, 0.25) is 0 Å². The molecule has 128 valence electrons. The fourth-order valence-electron chi connectivity index (χ4n) is 2.61. The van der Waals surface area contributed by atoms with E-state index in [1.165, 1.54) is 5.56 Å². The van der Waals surface area contributed by atoms with Gasteiger partial charge in [-0.3, -0.25) is 4.79 Å². The summed E-state index contributed by atoms with van der Waals surface area (Å²) in [6.07, 6.45) is 1.69. The highest BCUT2D eigenvalue weighted by Gasteiger charge is 2.11. The van der Waals surface area contributed by atoms with Crippen LogP contribution in [0.3, 0.4) is 0 Å². The van der Waals surface area contributed by atoms with Crippen molar-refractivity contribution in [2.45, 2.75) is 20.8 Å². The zero-order chi connectivity index (χ0) is 17.7. The number of likely N-dealkylation sites (N-methyl/N-ethyl adjacent to an activating group) is 1. The topological polar surface area (TPSA) is 57.3 Å². The van der Waals surface area contributed by atoms with Crippen LogP contribution in [0.1, 0.15) is 27.2 Å². The number of nitrogens with one attached hydrogen (secondary N) is 2. The molecule has 0 aliphatic carbocycles. The maximum Gasteiger partial charge on any atom is 0.274 e. The van der Waals surface area contributed by atoms with Crippen LogP contribution in [0.5, 0.6) is 0 Å². The van der Waals surface area contributed by atoms with Gasteiger partial charge in [-0.1, -0.05) is 17.7 Å². The van der Waals surface area contributed by atoms with Crippen LogP contribution in [-0.2, 0) is 0 Å². The highest BCUT2D eigenvalue weighted by molar-refractivity contribution is 6.03. The summed E-state index contributed by atoms with van der Waals surface area (Å²) in [7, 11) is 4.06. The highest BCUT2D eigenvalue weighted by atomic mass is 16.1. The molecule has 5 heteroatoms. The van der Waals surface area contributed by atoms with E-state index < -0.39 is 0 Å². The largest absolute Gasteiger partial charge is 0.383 e. The van der Waals surface area contributed by atoms with Gasteiger partial charge in [0.1, 0.15) is 5.69 Å². The van der Waals surface area contributed by atoms with Gasteiger partial charge in [-0.2, -0.15) is 0 Å². The Morgan fingerprint density at radius 2 is 1.79 bits per heavy atom. The second kappa shape index (κ2) is 7.93. The number of aryl methyl sites for hydroxylation is 3. The molecule has 2 N–H and O–H groups in total.